The number of rotatable bonds is 9. The average Bonchev–Trinajstić information content (AvgIpc) is 3.11. The molecular formula is C23H28F2N2OS. The third-order valence-corrected chi connectivity index (χ3v) is 6.12. The van der Waals surface area contributed by atoms with Crippen LogP contribution in [0.15, 0.2) is 54.1 Å². The van der Waals surface area contributed by atoms with Crippen LogP contribution in [0.1, 0.15) is 30.5 Å². The van der Waals surface area contributed by atoms with E-state index >= 15 is 0 Å². The summed E-state index contributed by atoms with van der Waals surface area (Å²) >= 11 is 1.66. The van der Waals surface area contributed by atoms with E-state index < -0.39 is 17.7 Å². The molecule has 0 aromatic heterocycles. The molecule has 2 aromatic rings. The van der Waals surface area contributed by atoms with Crippen LogP contribution in [0, 0.1) is 11.6 Å². The van der Waals surface area contributed by atoms with Crippen LogP contribution < -0.4 is 5.32 Å². The van der Waals surface area contributed by atoms with Gasteiger partial charge in [0.1, 0.15) is 11.6 Å². The molecule has 6 heteroatoms. The second-order valence-electron chi connectivity index (χ2n) is 7.39. The SMILES string of the molecule is CCc1cccc(CNC[C@@H](O)[C@H](Cc2cc(F)cc(F)c2)N2C=CSC2C)c1. The maximum Gasteiger partial charge on any atom is 0.126 e. The lowest BCUT2D eigenvalue weighted by atomic mass is 9.99. The standard InChI is InChI=1S/C23H28F2N2OS/c1-3-17-5-4-6-18(9-17)14-26-15-23(28)22(27-7-8-29-16(27)2)12-19-10-20(24)13-21(25)11-19/h4-11,13,16,22-23,26,28H,3,12,14-15H2,1-2H3/t16?,22-,23+/m0/s1. The normalized spacial score (nSPS) is 18.2. The van der Waals surface area contributed by atoms with Crippen LogP contribution in [-0.4, -0.2) is 34.1 Å². The number of aliphatic hydroxyl groups is 1. The van der Waals surface area contributed by atoms with Crippen molar-refractivity contribution in [1.82, 2.24) is 10.2 Å². The Morgan fingerprint density at radius 2 is 1.83 bits per heavy atom. The zero-order valence-electron chi connectivity index (χ0n) is 16.8. The van der Waals surface area contributed by atoms with E-state index in [1.165, 1.54) is 23.3 Å². The fraction of sp³-hybridized carbons (Fsp3) is 0.391. The zero-order chi connectivity index (χ0) is 20.8. The lowest BCUT2D eigenvalue weighted by Crippen LogP contribution is -2.48. The van der Waals surface area contributed by atoms with Gasteiger partial charge in [-0.3, -0.25) is 0 Å². The van der Waals surface area contributed by atoms with Crippen LogP contribution in [0.25, 0.3) is 0 Å². The van der Waals surface area contributed by atoms with Gasteiger partial charge in [0.2, 0.25) is 0 Å². The number of hydrogen-bond donors (Lipinski definition) is 2. The zero-order valence-corrected chi connectivity index (χ0v) is 17.6. The number of benzene rings is 2. The molecule has 0 amide bonds. The Bertz CT molecular complexity index is 825. The second-order valence-corrected chi connectivity index (χ2v) is 8.62. The van der Waals surface area contributed by atoms with Crippen molar-refractivity contribution in [2.45, 2.75) is 50.8 Å². The van der Waals surface area contributed by atoms with Crippen molar-refractivity contribution < 1.29 is 13.9 Å². The molecule has 2 aromatic carbocycles. The van der Waals surface area contributed by atoms with E-state index in [9.17, 15) is 13.9 Å². The molecule has 3 rings (SSSR count). The van der Waals surface area contributed by atoms with E-state index in [1.807, 2.05) is 17.7 Å². The summed E-state index contributed by atoms with van der Waals surface area (Å²) in [6, 6.07) is 11.6. The van der Waals surface area contributed by atoms with Crippen molar-refractivity contribution in [3.05, 3.63) is 82.4 Å². The Hall–Kier alpha value is -1.89. The minimum Gasteiger partial charge on any atom is -0.390 e. The van der Waals surface area contributed by atoms with E-state index in [0.29, 0.717) is 25.1 Å². The lowest BCUT2D eigenvalue weighted by molar-refractivity contribution is 0.0717. The maximum absolute atomic E-state index is 13.6. The molecule has 0 radical (unpaired) electrons. The van der Waals surface area contributed by atoms with E-state index in [2.05, 4.69) is 42.3 Å². The summed E-state index contributed by atoms with van der Waals surface area (Å²) in [6.07, 6.45) is 2.60. The van der Waals surface area contributed by atoms with Gasteiger partial charge in [0.15, 0.2) is 0 Å². The first-order chi connectivity index (χ1) is 14.0. The minimum absolute atomic E-state index is 0.161. The summed E-state index contributed by atoms with van der Waals surface area (Å²) in [6.45, 7) is 5.23. The van der Waals surface area contributed by atoms with Crippen molar-refractivity contribution in [3.63, 3.8) is 0 Å². The number of aryl methyl sites for hydroxylation is 1. The van der Waals surface area contributed by atoms with E-state index in [-0.39, 0.29) is 11.4 Å². The van der Waals surface area contributed by atoms with Gasteiger partial charge >= 0.3 is 0 Å². The topological polar surface area (TPSA) is 35.5 Å². The average molecular weight is 419 g/mol. The Balaban J connectivity index is 1.67. The fourth-order valence-electron chi connectivity index (χ4n) is 3.66. The summed E-state index contributed by atoms with van der Waals surface area (Å²) in [5.74, 6) is -1.19. The molecule has 1 aliphatic heterocycles. The molecule has 1 heterocycles. The second kappa shape index (κ2) is 10.2. The summed E-state index contributed by atoms with van der Waals surface area (Å²) in [5.41, 5.74) is 2.99. The summed E-state index contributed by atoms with van der Waals surface area (Å²) in [4.78, 5) is 2.07. The predicted octanol–water partition coefficient (Wildman–Crippen LogP) is 4.46. The molecule has 0 aliphatic carbocycles. The van der Waals surface area contributed by atoms with Crippen LogP contribution in [0.3, 0.4) is 0 Å². The Morgan fingerprint density at radius 3 is 2.48 bits per heavy atom. The van der Waals surface area contributed by atoms with Gasteiger partial charge in [-0.1, -0.05) is 31.2 Å². The summed E-state index contributed by atoms with van der Waals surface area (Å²) < 4.78 is 27.3. The summed E-state index contributed by atoms with van der Waals surface area (Å²) in [5, 5.41) is 16.4. The van der Waals surface area contributed by atoms with Crippen LogP contribution in [0.4, 0.5) is 8.78 Å². The molecule has 0 saturated heterocycles. The summed E-state index contributed by atoms with van der Waals surface area (Å²) in [7, 11) is 0. The highest BCUT2D eigenvalue weighted by Gasteiger charge is 2.30. The third-order valence-electron chi connectivity index (χ3n) is 5.20. The monoisotopic (exact) mass is 418 g/mol. The molecule has 3 nitrogen and oxygen atoms in total. The van der Waals surface area contributed by atoms with Crippen molar-refractivity contribution in [1.29, 1.82) is 0 Å². The molecule has 0 bridgehead atoms. The quantitative estimate of drug-likeness (QED) is 0.631. The van der Waals surface area contributed by atoms with Crippen molar-refractivity contribution in [3.8, 4) is 0 Å². The lowest BCUT2D eigenvalue weighted by Gasteiger charge is -2.35. The highest BCUT2D eigenvalue weighted by Crippen LogP contribution is 2.29. The van der Waals surface area contributed by atoms with Gasteiger partial charge in [-0.25, -0.2) is 8.78 Å². The number of aliphatic hydroxyl groups excluding tert-OH is 1. The van der Waals surface area contributed by atoms with Gasteiger partial charge in [0.05, 0.1) is 17.5 Å². The first kappa shape index (κ1) is 21.8. The largest absolute Gasteiger partial charge is 0.390 e. The number of halogens is 2. The molecule has 0 fully saturated rings. The Morgan fingerprint density at radius 1 is 1.10 bits per heavy atom. The number of nitrogens with one attached hydrogen (secondary N) is 1. The number of nitrogens with zero attached hydrogens (tertiary/aromatic N) is 1. The minimum atomic E-state index is -0.693. The Labute approximate surface area is 175 Å². The number of thioether (sulfide) groups is 1. The number of hydrogen-bond acceptors (Lipinski definition) is 4. The molecule has 2 N–H and O–H groups in total. The highest BCUT2D eigenvalue weighted by atomic mass is 32.2. The van der Waals surface area contributed by atoms with Gasteiger partial charge in [0.25, 0.3) is 0 Å². The third kappa shape index (κ3) is 6.04. The van der Waals surface area contributed by atoms with Gasteiger partial charge in [-0.15, -0.1) is 11.8 Å². The van der Waals surface area contributed by atoms with E-state index in [0.717, 1.165) is 12.5 Å². The molecule has 0 spiro atoms. The molecule has 29 heavy (non-hydrogen) atoms. The van der Waals surface area contributed by atoms with Gasteiger partial charge < -0.3 is 15.3 Å². The Kier molecular flexibility index (Phi) is 7.70. The molecule has 1 unspecified atom stereocenters. The van der Waals surface area contributed by atoms with Crippen LogP contribution in [0.2, 0.25) is 0 Å². The first-order valence-electron chi connectivity index (χ1n) is 9.97. The van der Waals surface area contributed by atoms with Crippen LogP contribution in [0.5, 0.6) is 0 Å². The molecule has 1 aliphatic rings. The van der Waals surface area contributed by atoms with Gasteiger partial charge in [-0.05, 0) is 54.0 Å². The maximum atomic E-state index is 13.6. The predicted molar refractivity (Wildman–Crippen MR) is 115 cm³/mol. The van der Waals surface area contributed by atoms with Crippen molar-refractivity contribution >= 4 is 11.8 Å². The first-order valence-corrected chi connectivity index (χ1v) is 10.9. The smallest absolute Gasteiger partial charge is 0.126 e. The van der Waals surface area contributed by atoms with Crippen molar-refractivity contribution in [2.75, 3.05) is 6.54 Å². The fourth-order valence-corrected chi connectivity index (χ4v) is 4.47. The van der Waals surface area contributed by atoms with Gasteiger partial charge in [-0.2, -0.15) is 0 Å². The van der Waals surface area contributed by atoms with Crippen LogP contribution in [-0.2, 0) is 19.4 Å². The van der Waals surface area contributed by atoms with Crippen LogP contribution >= 0.6 is 11.8 Å². The molecule has 0 saturated carbocycles. The molecule has 156 valence electrons. The van der Waals surface area contributed by atoms with Crippen molar-refractivity contribution in [2.24, 2.45) is 0 Å². The molecule has 3 atom stereocenters. The van der Waals surface area contributed by atoms with Gasteiger partial charge in [0, 0.05) is 25.4 Å². The van der Waals surface area contributed by atoms with E-state index in [4.69, 9.17) is 0 Å². The highest BCUT2D eigenvalue weighted by molar-refractivity contribution is 8.02. The van der Waals surface area contributed by atoms with E-state index in [1.54, 1.807) is 11.8 Å². The molecular weight excluding hydrogens is 390 g/mol.